The Morgan fingerprint density at radius 1 is 0.912 bits per heavy atom. The van der Waals surface area contributed by atoms with Crippen LogP contribution in [0, 0.1) is 13.8 Å². The van der Waals surface area contributed by atoms with Gasteiger partial charge in [0.1, 0.15) is 12.0 Å². The van der Waals surface area contributed by atoms with E-state index < -0.39 is 5.97 Å². The molecule has 0 aliphatic carbocycles. The zero-order chi connectivity index (χ0) is 24.0. The molecule has 0 unspecified atom stereocenters. The highest BCUT2D eigenvalue weighted by molar-refractivity contribution is 7.21. The average molecular weight is 470 g/mol. The van der Waals surface area contributed by atoms with Crippen molar-refractivity contribution in [3.05, 3.63) is 94.2 Å². The average Bonchev–Trinajstić information content (AvgIpc) is 3.43. The van der Waals surface area contributed by atoms with Crippen molar-refractivity contribution in [2.45, 2.75) is 13.8 Å². The number of nitrogens with zero attached hydrogens (tertiary/aromatic N) is 1. The van der Waals surface area contributed by atoms with Crippen LogP contribution >= 0.6 is 11.3 Å². The van der Waals surface area contributed by atoms with Crippen LogP contribution in [0.5, 0.6) is 5.75 Å². The molecule has 0 fully saturated rings. The van der Waals surface area contributed by atoms with Crippen LogP contribution in [0.25, 0.3) is 32.7 Å². The molecule has 2 N–H and O–H groups in total. The van der Waals surface area contributed by atoms with Gasteiger partial charge in [0, 0.05) is 26.8 Å². The first-order chi connectivity index (χ1) is 16.3. The van der Waals surface area contributed by atoms with Crippen molar-refractivity contribution in [3.8, 4) is 28.3 Å². The van der Waals surface area contributed by atoms with Gasteiger partial charge in [0.2, 0.25) is 11.7 Å². The minimum atomic E-state index is -1.16. The predicted octanol–water partition coefficient (Wildman–Crippen LogP) is 6.47. The monoisotopic (exact) mass is 469 g/mol. The molecule has 0 aliphatic rings. The molecular formula is C27H19NO5S. The number of aromatic nitrogens is 1. The quantitative estimate of drug-likeness (QED) is 0.286. The molecular weight excluding hydrogens is 450 g/mol. The SMILES string of the molecule is Cc1cc(C)cc(C(=O)c2sc3cc(O)ccc3c2-c2ccc(-c3nc(C(=O)O)co3)cc2)c1. The number of thiophene rings is 1. The molecule has 0 bridgehead atoms. The number of hydrogen-bond acceptors (Lipinski definition) is 6. The second kappa shape index (κ2) is 8.28. The zero-order valence-corrected chi connectivity index (χ0v) is 19.1. The molecule has 0 atom stereocenters. The first-order valence-corrected chi connectivity index (χ1v) is 11.3. The van der Waals surface area contributed by atoms with Crippen molar-refractivity contribution in [1.82, 2.24) is 4.98 Å². The number of oxazole rings is 1. The van der Waals surface area contributed by atoms with E-state index in [4.69, 9.17) is 9.52 Å². The van der Waals surface area contributed by atoms with Gasteiger partial charge in [0.25, 0.3) is 0 Å². The summed E-state index contributed by atoms with van der Waals surface area (Å²) in [5.74, 6) is -0.894. The molecule has 5 aromatic rings. The Morgan fingerprint density at radius 3 is 2.24 bits per heavy atom. The van der Waals surface area contributed by atoms with E-state index in [1.165, 1.54) is 11.3 Å². The molecule has 7 heteroatoms. The van der Waals surface area contributed by atoms with Crippen molar-refractivity contribution >= 4 is 33.2 Å². The fourth-order valence-electron chi connectivity index (χ4n) is 4.05. The van der Waals surface area contributed by atoms with Crippen LogP contribution in [0.4, 0.5) is 0 Å². The molecule has 168 valence electrons. The van der Waals surface area contributed by atoms with Crippen LogP contribution < -0.4 is 0 Å². The summed E-state index contributed by atoms with van der Waals surface area (Å²) in [4.78, 5) is 29.3. The molecule has 6 nitrogen and oxygen atoms in total. The van der Waals surface area contributed by atoms with Crippen LogP contribution in [0.2, 0.25) is 0 Å². The third-order valence-electron chi connectivity index (χ3n) is 5.51. The molecule has 0 saturated carbocycles. The van der Waals surface area contributed by atoms with Crippen molar-refractivity contribution in [2.75, 3.05) is 0 Å². The van der Waals surface area contributed by atoms with E-state index in [0.717, 1.165) is 38.6 Å². The largest absolute Gasteiger partial charge is 0.508 e. The first kappa shape index (κ1) is 21.6. The highest BCUT2D eigenvalue weighted by Crippen LogP contribution is 2.41. The van der Waals surface area contributed by atoms with E-state index >= 15 is 0 Å². The first-order valence-electron chi connectivity index (χ1n) is 10.5. The number of phenols is 1. The Morgan fingerprint density at radius 2 is 1.59 bits per heavy atom. The molecule has 0 radical (unpaired) electrons. The van der Waals surface area contributed by atoms with E-state index in [-0.39, 0.29) is 23.1 Å². The highest BCUT2D eigenvalue weighted by Gasteiger charge is 2.22. The molecule has 34 heavy (non-hydrogen) atoms. The maximum Gasteiger partial charge on any atom is 0.357 e. The Kier molecular flexibility index (Phi) is 5.26. The Labute approximate surface area is 198 Å². The fraction of sp³-hybridized carbons (Fsp3) is 0.0741. The lowest BCUT2D eigenvalue weighted by molar-refractivity contribution is 0.0690. The third kappa shape index (κ3) is 3.86. The summed E-state index contributed by atoms with van der Waals surface area (Å²) in [6.07, 6.45) is 1.10. The van der Waals surface area contributed by atoms with Crippen molar-refractivity contribution in [1.29, 1.82) is 0 Å². The smallest absolute Gasteiger partial charge is 0.357 e. The number of aryl methyl sites for hydroxylation is 2. The van der Waals surface area contributed by atoms with Crippen LogP contribution in [0.1, 0.15) is 36.9 Å². The number of carbonyl (C=O) groups excluding carboxylic acids is 1. The van der Waals surface area contributed by atoms with Gasteiger partial charge in [-0.25, -0.2) is 9.78 Å². The number of hydrogen-bond donors (Lipinski definition) is 2. The van der Waals surface area contributed by atoms with Crippen LogP contribution in [0.15, 0.2) is 71.3 Å². The van der Waals surface area contributed by atoms with E-state index in [1.807, 2.05) is 50.2 Å². The second-order valence-electron chi connectivity index (χ2n) is 8.11. The Balaban J connectivity index is 1.63. The number of aromatic hydroxyl groups is 1. The topological polar surface area (TPSA) is 101 Å². The minimum Gasteiger partial charge on any atom is -0.508 e. The standard InChI is InChI=1S/C27H19NO5S/c1-14-9-15(2)11-18(10-14)24(30)25-23(20-8-7-19(29)12-22(20)34-25)16-3-5-17(6-4-16)26-28-21(13-33-26)27(31)32/h3-13,29H,1-2H3,(H,31,32). The van der Waals surface area contributed by atoms with E-state index in [1.54, 1.807) is 24.3 Å². The number of carboxylic acids is 1. The normalized spacial score (nSPS) is 11.1. The molecule has 3 aromatic carbocycles. The minimum absolute atomic E-state index is 0.0784. The lowest BCUT2D eigenvalue weighted by Gasteiger charge is -2.08. The fourth-order valence-corrected chi connectivity index (χ4v) is 5.27. The van der Waals surface area contributed by atoms with E-state index in [0.29, 0.717) is 16.0 Å². The third-order valence-corrected chi connectivity index (χ3v) is 6.66. The Bertz CT molecular complexity index is 1560. The lowest BCUT2D eigenvalue weighted by atomic mass is 9.96. The maximum atomic E-state index is 13.6. The molecule has 0 aliphatic heterocycles. The van der Waals surface area contributed by atoms with Crippen LogP contribution in [0.3, 0.4) is 0 Å². The number of benzene rings is 3. The van der Waals surface area contributed by atoms with Gasteiger partial charge in [-0.15, -0.1) is 11.3 Å². The maximum absolute atomic E-state index is 13.6. The van der Waals surface area contributed by atoms with Crippen molar-refractivity contribution in [2.24, 2.45) is 0 Å². The number of aromatic carboxylic acids is 1. The number of carboxylic acid groups (broad SMARTS) is 1. The summed E-state index contributed by atoms with van der Waals surface area (Å²) < 4.78 is 6.11. The van der Waals surface area contributed by atoms with Gasteiger partial charge in [-0.3, -0.25) is 4.79 Å². The number of phenolic OH excluding ortho intramolecular Hbond substituents is 1. The van der Waals surface area contributed by atoms with Gasteiger partial charge >= 0.3 is 5.97 Å². The number of ketones is 1. The van der Waals surface area contributed by atoms with Gasteiger partial charge in [-0.2, -0.15) is 0 Å². The van der Waals surface area contributed by atoms with Gasteiger partial charge in [-0.1, -0.05) is 29.3 Å². The van der Waals surface area contributed by atoms with Gasteiger partial charge in [0.15, 0.2) is 5.69 Å². The molecule has 2 aromatic heterocycles. The summed E-state index contributed by atoms with van der Waals surface area (Å²) in [6, 6.07) is 18.1. The molecule has 0 amide bonds. The van der Waals surface area contributed by atoms with Crippen LogP contribution in [-0.4, -0.2) is 26.9 Å². The predicted molar refractivity (Wildman–Crippen MR) is 131 cm³/mol. The molecule has 2 heterocycles. The van der Waals surface area contributed by atoms with Gasteiger partial charge in [-0.05, 0) is 61.9 Å². The van der Waals surface area contributed by atoms with Crippen molar-refractivity contribution in [3.63, 3.8) is 0 Å². The van der Waals surface area contributed by atoms with E-state index in [2.05, 4.69) is 4.98 Å². The lowest BCUT2D eigenvalue weighted by Crippen LogP contribution is -2.01. The summed E-state index contributed by atoms with van der Waals surface area (Å²) >= 11 is 1.35. The summed E-state index contributed by atoms with van der Waals surface area (Å²) in [5.41, 5.74) is 4.71. The Hall–Kier alpha value is -4.23. The summed E-state index contributed by atoms with van der Waals surface area (Å²) in [5, 5.41) is 19.9. The van der Waals surface area contributed by atoms with Crippen molar-refractivity contribution < 1.29 is 24.2 Å². The number of carbonyl (C=O) groups is 2. The summed E-state index contributed by atoms with van der Waals surface area (Å²) in [6.45, 7) is 3.93. The van der Waals surface area contributed by atoms with Gasteiger partial charge in [0.05, 0.1) is 4.88 Å². The highest BCUT2D eigenvalue weighted by atomic mass is 32.1. The number of fused-ring (bicyclic) bond motifs is 1. The molecule has 5 rings (SSSR count). The second-order valence-corrected chi connectivity index (χ2v) is 9.16. The molecule has 0 spiro atoms. The van der Waals surface area contributed by atoms with E-state index in [9.17, 15) is 14.7 Å². The number of rotatable bonds is 5. The molecule has 0 saturated heterocycles. The van der Waals surface area contributed by atoms with Gasteiger partial charge < -0.3 is 14.6 Å². The summed E-state index contributed by atoms with van der Waals surface area (Å²) in [7, 11) is 0. The zero-order valence-electron chi connectivity index (χ0n) is 18.3. The van der Waals surface area contributed by atoms with Crippen LogP contribution in [-0.2, 0) is 0 Å².